The highest BCUT2D eigenvalue weighted by atomic mass is 19.3. The van der Waals surface area contributed by atoms with Gasteiger partial charge in [-0.3, -0.25) is 0 Å². The van der Waals surface area contributed by atoms with Crippen molar-refractivity contribution in [2.45, 2.75) is 19.6 Å². The third kappa shape index (κ3) is 4.37. The van der Waals surface area contributed by atoms with E-state index in [1.165, 1.54) is 0 Å². The summed E-state index contributed by atoms with van der Waals surface area (Å²) in [5.41, 5.74) is 10.7. The summed E-state index contributed by atoms with van der Waals surface area (Å²) >= 11 is 0. The van der Waals surface area contributed by atoms with Crippen molar-refractivity contribution in [3.63, 3.8) is 0 Å². The van der Waals surface area contributed by atoms with Crippen LogP contribution in [-0.2, 0) is 0 Å². The number of aliphatic imine (C=N–C) groups is 2. The van der Waals surface area contributed by atoms with Gasteiger partial charge in [-0.05, 0) is 6.92 Å². The van der Waals surface area contributed by atoms with Gasteiger partial charge in [0.05, 0.1) is 24.8 Å². The van der Waals surface area contributed by atoms with E-state index in [-0.39, 0.29) is 17.5 Å². The average molecular weight is 258 g/mol. The van der Waals surface area contributed by atoms with Gasteiger partial charge in [-0.15, -0.1) is 0 Å². The van der Waals surface area contributed by atoms with Crippen LogP contribution in [0.15, 0.2) is 22.4 Å². The van der Waals surface area contributed by atoms with Crippen molar-refractivity contribution in [2.24, 2.45) is 21.5 Å². The summed E-state index contributed by atoms with van der Waals surface area (Å²) in [5.74, 6) is 0.0863. The lowest BCUT2D eigenvalue weighted by Crippen LogP contribution is -2.25. The molecule has 0 spiro atoms. The van der Waals surface area contributed by atoms with Crippen LogP contribution in [0.5, 0.6) is 5.75 Å². The lowest BCUT2D eigenvalue weighted by Gasteiger charge is -2.04. The Kier molecular flexibility index (Phi) is 5.06. The number of rotatable bonds is 4. The minimum Gasteiger partial charge on any atom is -0.432 e. The summed E-state index contributed by atoms with van der Waals surface area (Å²) in [6.45, 7) is -1.27. The van der Waals surface area contributed by atoms with Gasteiger partial charge >= 0.3 is 6.61 Å². The number of alkyl halides is 2. The molecule has 1 heterocycles. The molecule has 7 nitrogen and oxygen atoms in total. The van der Waals surface area contributed by atoms with Gasteiger partial charge in [0.2, 0.25) is 0 Å². The molecule has 9 heteroatoms. The molecule has 0 fully saturated rings. The number of nitrogens with two attached hydrogens (primary N) is 2. The molecule has 0 radical (unpaired) electrons. The van der Waals surface area contributed by atoms with Gasteiger partial charge in [-0.2, -0.15) is 13.8 Å². The molecular formula is C9H12F2N6O. The molecule has 1 atom stereocenters. The van der Waals surface area contributed by atoms with Crippen LogP contribution in [0.3, 0.4) is 0 Å². The maximum atomic E-state index is 11.9. The van der Waals surface area contributed by atoms with Gasteiger partial charge < -0.3 is 16.2 Å². The van der Waals surface area contributed by atoms with E-state index in [0.29, 0.717) is 0 Å². The Labute approximate surface area is 102 Å². The van der Waals surface area contributed by atoms with Crippen LogP contribution < -0.4 is 16.2 Å². The first kappa shape index (κ1) is 13.9. The molecule has 98 valence electrons. The van der Waals surface area contributed by atoms with Gasteiger partial charge in [0.15, 0.2) is 11.6 Å². The van der Waals surface area contributed by atoms with Gasteiger partial charge in [-0.25, -0.2) is 15.0 Å². The second kappa shape index (κ2) is 6.55. The number of halogens is 2. The summed E-state index contributed by atoms with van der Waals surface area (Å²) in [4.78, 5) is 15.1. The third-order valence-corrected chi connectivity index (χ3v) is 1.67. The van der Waals surface area contributed by atoms with E-state index in [0.717, 1.165) is 18.7 Å². The van der Waals surface area contributed by atoms with Crippen LogP contribution in [0.4, 0.5) is 14.7 Å². The average Bonchev–Trinajstić information content (AvgIpc) is 2.30. The molecule has 0 aromatic carbocycles. The Morgan fingerprint density at radius 2 is 2.06 bits per heavy atom. The predicted molar refractivity (Wildman–Crippen MR) is 62.1 cm³/mol. The number of amidine groups is 1. The van der Waals surface area contributed by atoms with Crippen LogP contribution in [-0.4, -0.2) is 34.8 Å². The largest absolute Gasteiger partial charge is 0.432 e. The zero-order valence-electron chi connectivity index (χ0n) is 9.49. The van der Waals surface area contributed by atoms with E-state index < -0.39 is 12.7 Å². The van der Waals surface area contributed by atoms with Crippen LogP contribution in [0.1, 0.15) is 6.92 Å². The number of nitrogens with zero attached hydrogens (tertiary/aromatic N) is 4. The van der Waals surface area contributed by atoms with E-state index in [4.69, 9.17) is 11.5 Å². The number of aromatic nitrogens is 2. The Morgan fingerprint density at radius 1 is 1.44 bits per heavy atom. The van der Waals surface area contributed by atoms with Gasteiger partial charge in [0, 0.05) is 0 Å². The van der Waals surface area contributed by atoms with E-state index in [1.54, 1.807) is 6.92 Å². The number of hydrogen-bond donors (Lipinski definition) is 2. The fraction of sp³-hybridized carbons (Fsp3) is 0.333. The lowest BCUT2D eigenvalue weighted by molar-refractivity contribution is -0.0503. The molecule has 0 aliphatic rings. The van der Waals surface area contributed by atoms with Gasteiger partial charge in [-0.1, -0.05) is 0 Å². The fourth-order valence-electron chi connectivity index (χ4n) is 0.958. The highest BCUT2D eigenvalue weighted by Gasteiger charge is 2.07. The van der Waals surface area contributed by atoms with Crippen molar-refractivity contribution in [1.29, 1.82) is 0 Å². The zero-order chi connectivity index (χ0) is 13.5. The molecule has 0 saturated heterocycles. The molecule has 1 aromatic heterocycles. The molecule has 0 bridgehead atoms. The quantitative estimate of drug-likeness (QED) is 0.601. The Morgan fingerprint density at radius 3 is 2.50 bits per heavy atom. The Hall–Kier alpha value is -2.16. The number of hydrogen-bond acceptors (Lipinski definition) is 5. The first-order valence-electron chi connectivity index (χ1n) is 4.88. The highest BCUT2D eigenvalue weighted by molar-refractivity contribution is 5.93. The van der Waals surface area contributed by atoms with Crippen molar-refractivity contribution in [3.8, 4) is 5.75 Å². The first-order chi connectivity index (χ1) is 8.52. The second-order valence-electron chi connectivity index (χ2n) is 3.13. The van der Waals surface area contributed by atoms with E-state index in [9.17, 15) is 8.78 Å². The van der Waals surface area contributed by atoms with Crippen LogP contribution in [0.25, 0.3) is 0 Å². The van der Waals surface area contributed by atoms with Crippen molar-refractivity contribution in [1.82, 2.24) is 9.97 Å². The minimum absolute atomic E-state index is 0.0227. The third-order valence-electron chi connectivity index (χ3n) is 1.67. The molecule has 1 unspecified atom stereocenters. The summed E-state index contributed by atoms with van der Waals surface area (Å²) < 4.78 is 27.9. The zero-order valence-corrected chi connectivity index (χ0v) is 9.49. The molecular weight excluding hydrogens is 246 g/mol. The molecule has 0 aliphatic heterocycles. The monoisotopic (exact) mass is 258 g/mol. The molecule has 18 heavy (non-hydrogen) atoms. The fourth-order valence-corrected chi connectivity index (χ4v) is 0.958. The van der Waals surface area contributed by atoms with Crippen LogP contribution >= 0.6 is 0 Å². The summed E-state index contributed by atoms with van der Waals surface area (Å²) in [6.07, 6.45) is 3.18. The summed E-state index contributed by atoms with van der Waals surface area (Å²) in [5, 5.41) is 0. The minimum atomic E-state index is -2.93. The van der Waals surface area contributed by atoms with Crippen molar-refractivity contribution < 1.29 is 13.5 Å². The van der Waals surface area contributed by atoms with Crippen molar-refractivity contribution >= 4 is 18.1 Å². The molecule has 1 aromatic rings. The standard InChI is InChI=1S/C9H12F2N6O/c1-5(13)7(16-4-12)17-9-14-2-6(3-15-9)18-8(10)11/h2-5,8H,13H2,1H3,(H2,12,14,15,16,17). The Bertz CT molecular complexity index is 431. The van der Waals surface area contributed by atoms with Crippen LogP contribution in [0, 0.1) is 0 Å². The molecule has 4 N–H and O–H groups in total. The highest BCUT2D eigenvalue weighted by Crippen LogP contribution is 2.13. The number of ether oxygens (including phenoxy) is 1. The van der Waals surface area contributed by atoms with Crippen molar-refractivity contribution in [2.75, 3.05) is 0 Å². The Balaban J connectivity index is 2.87. The molecule has 1 rings (SSSR count). The van der Waals surface area contributed by atoms with Gasteiger partial charge in [0.25, 0.3) is 5.95 Å². The SMILES string of the molecule is CC(N)/C(N=CN)=N\c1ncc(OC(F)F)cn1. The maximum Gasteiger partial charge on any atom is 0.387 e. The molecule has 0 amide bonds. The normalized spacial score (nSPS) is 14.2. The maximum absolute atomic E-state index is 11.9. The smallest absolute Gasteiger partial charge is 0.387 e. The first-order valence-corrected chi connectivity index (χ1v) is 4.88. The summed E-state index contributed by atoms with van der Waals surface area (Å²) in [6, 6.07) is -0.467. The van der Waals surface area contributed by atoms with Crippen molar-refractivity contribution in [3.05, 3.63) is 12.4 Å². The van der Waals surface area contributed by atoms with Crippen LogP contribution in [0.2, 0.25) is 0 Å². The second-order valence-corrected chi connectivity index (χ2v) is 3.13. The summed E-state index contributed by atoms with van der Waals surface area (Å²) in [7, 11) is 0. The van der Waals surface area contributed by atoms with Gasteiger partial charge in [0.1, 0.15) is 0 Å². The molecule has 0 aliphatic carbocycles. The topological polar surface area (TPSA) is 112 Å². The van der Waals surface area contributed by atoms with E-state index in [2.05, 4.69) is 24.7 Å². The van der Waals surface area contributed by atoms with E-state index in [1.807, 2.05) is 0 Å². The van der Waals surface area contributed by atoms with E-state index >= 15 is 0 Å². The lowest BCUT2D eigenvalue weighted by atomic mass is 10.3. The molecule has 0 saturated carbocycles. The predicted octanol–water partition coefficient (Wildman–Crippen LogP) is 0.442.